The highest BCUT2D eigenvalue weighted by molar-refractivity contribution is 5.98. The summed E-state index contributed by atoms with van der Waals surface area (Å²) in [6, 6.07) is 13.8. The van der Waals surface area contributed by atoms with Crippen molar-refractivity contribution < 1.29 is 9.59 Å². The van der Waals surface area contributed by atoms with Gasteiger partial charge in [0.05, 0.1) is 17.1 Å². The van der Waals surface area contributed by atoms with E-state index in [2.05, 4.69) is 27.6 Å². The molecule has 3 N–H and O–H groups in total. The van der Waals surface area contributed by atoms with Crippen LogP contribution in [0.15, 0.2) is 42.5 Å². The Morgan fingerprint density at radius 2 is 2.07 bits per heavy atom. The number of piperidine rings is 1. The maximum absolute atomic E-state index is 12.9. The number of hydrogen-bond donors (Lipinski definition) is 3. The van der Waals surface area contributed by atoms with Crippen LogP contribution in [0.3, 0.4) is 0 Å². The number of H-pyrrole nitrogens is 1. The number of nitrogens with zero attached hydrogens (tertiary/aromatic N) is 2. The van der Waals surface area contributed by atoms with Gasteiger partial charge in [-0.15, -0.1) is 0 Å². The molecule has 7 heteroatoms. The third-order valence-electron chi connectivity index (χ3n) is 6.19. The number of rotatable bonds is 3. The average molecular weight is 403 g/mol. The van der Waals surface area contributed by atoms with E-state index in [9.17, 15) is 9.59 Å². The molecule has 154 valence electrons. The fourth-order valence-electron chi connectivity index (χ4n) is 4.46. The molecule has 3 heterocycles. The lowest BCUT2D eigenvalue weighted by Crippen LogP contribution is -2.45. The number of aromatic amines is 1. The molecule has 1 unspecified atom stereocenters. The first kappa shape index (κ1) is 18.8. The van der Waals surface area contributed by atoms with Gasteiger partial charge in [0.25, 0.3) is 5.91 Å². The van der Waals surface area contributed by atoms with Crippen molar-refractivity contribution in [3.63, 3.8) is 0 Å². The van der Waals surface area contributed by atoms with E-state index in [4.69, 9.17) is 4.98 Å². The van der Waals surface area contributed by atoms with Crippen LogP contribution in [0.4, 0.5) is 5.69 Å². The van der Waals surface area contributed by atoms with Gasteiger partial charge in [-0.2, -0.15) is 0 Å². The Hall–Kier alpha value is -3.19. The van der Waals surface area contributed by atoms with Crippen molar-refractivity contribution in [3.8, 4) is 0 Å². The van der Waals surface area contributed by atoms with Crippen molar-refractivity contribution >= 4 is 28.5 Å². The van der Waals surface area contributed by atoms with Crippen LogP contribution >= 0.6 is 0 Å². The third kappa shape index (κ3) is 3.57. The van der Waals surface area contributed by atoms with Gasteiger partial charge in [-0.05, 0) is 62.2 Å². The predicted molar refractivity (Wildman–Crippen MR) is 115 cm³/mol. The number of imidazole rings is 1. The van der Waals surface area contributed by atoms with Crippen LogP contribution in [0.25, 0.3) is 11.0 Å². The fourth-order valence-corrected chi connectivity index (χ4v) is 4.46. The van der Waals surface area contributed by atoms with E-state index in [0.29, 0.717) is 18.4 Å². The molecule has 7 nitrogen and oxygen atoms in total. The van der Waals surface area contributed by atoms with Gasteiger partial charge in [-0.3, -0.25) is 14.5 Å². The standard InChI is InChI=1S/C23H25N5O2/c1-28-11-10-16(13-20(28)22-26-18-4-2-3-5-19(18)27-22)24-23(30)15-6-8-17-14(12-15)7-9-21(29)25-17/h2-6,8,12,16,20H,7,9-11,13H2,1H3,(H,24,30)(H,25,29)(H,26,27)/t16?,20-/m1/s1. The highest BCUT2D eigenvalue weighted by Crippen LogP contribution is 2.30. The van der Waals surface area contributed by atoms with Crippen molar-refractivity contribution in [1.82, 2.24) is 20.2 Å². The van der Waals surface area contributed by atoms with Gasteiger partial charge in [0.1, 0.15) is 5.82 Å². The lowest BCUT2D eigenvalue weighted by molar-refractivity contribution is -0.116. The number of aryl methyl sites for hydroxylation is 1. The number of anilines is 1. The summed E-state index contributed by atoms with van der Waals surface area (Å²) in [5, 5.41) is 6.07. The van der Waals surface area contributed by atoms with Crippen LogP contribution in [-0.2, 0) is 11.2 Å². The SMILES string of the molecule is CN1CCC(NC(=O)c2ccc3c(c2)CCC(=O)N3)C[C@@H]1c1nc2ccccc2[nH]1. The van der Waals surface area contributed by atoms with Crippen LogP contribution in [0.1, 0.15) is 47.1 Å². The van der Waals surface area contributed by atoms with Crippen LogP contribution in [0, 0.1) is 0 Å². The lowest BCUT2D eigenvalue weighted by Gasteiger charge is -2.36. The molecule has 0 saturated carbocycles. The van der Waals surface area contributed by atoms with Gasteiger partial charge >= 0.3 is 0 Å². The minimum Gasteiger partial charge on any atom is -0.349 e. The first-order chi connectivity index (χ1) is 14.6. The molecule has 0 radical (unpaired) electrons. The second-order valence-corrected chi connectivity index (χ2v) is 8.25. The van der Waals surface area contributed by atoms with Gasteiger partial charge < -0.3 is 15.6 Å². The summed E-state index contributed by atoms with van der Waals surface area (Å²) in [7, 11) is 2.10. The van der Waals surface area contributed by atoms with Crippen molar-refractivity contribution in [2.45, 2.75) is 37.8 Å². The molecule has 0 spiro atoms. The fraction of sp³-hybridized carbons (Fsp3) is 0.348. The molecule has 1 aromatic heterocycles. The molecule has 2 aliphatic rings. The predicted octanol–water partition coefficient (Wildman–Crippen LogP) is 3.01. The quantitative estimate of drug-likeness (QED) is 0.627. The highest BCUT2D eigenvalue weighted by Gasteiger charge is 2.30. The van der Waals surface area contributed by atoms with Crippen molar-refractivity contribution in [1.29, 1.82) is 0 Å². The molecule has 0 aliphatic carbocycles. The van der Waals surface area contributed by atoms with Crippen LogP contribution < -0.4 is 10.6 Å². The summed E-state index contributed by atoms with van der Waals surface area (Å²) in [5.41, 5.74) is 4.48. The largest absolute Gasteiger partial charge is 0.349 e. The molecule has 1 fully saturated rings. The summed E-state index contributed by atoms with van der Waals surface area (Å²) in [4.78, 5) is 34.9. The number of benzene rings is 2. The molecular formula is C23H25N5O2. The van der Waals surface area contributed by atoms with E-state index in [1.807, 2.05) is 36.4 Å². The molecule has 1 saturated heterocycles. The van der Waals surface area contributed by atoms with Crippen molar-refractivity contribution in [3.05, 3.63) is 59.4 Å². The molecule has 0 bridgehead atoms. The minimum absolute atomic E-state index is 0.0302. The number of aromatic nitrogens is 2. The summed E-state index contributed by atoms with van der Waals surface area (Å²) in [6.45, 7) is 0.892. The Balaban J connectivity index is 1.30. The number of para-hydroxylation sites is 2. The number of hydrogen-bond acceptors (Lipinski definition) is 4. The van der Waals surface area contributed by atoms with Gasteiger partial charge in [-0.1, -0.05) is 12.1 Å². The highest BCUT2D eigenvalue weighted by atomic mass is 16.2. The molecule has 5 rings (SSSR count). The first-order valence-electron chi connectivity index (χ1n) is 10.5. The van der Waals surface area contributed by atoms with E-state index in [-0.39, 0.29) is 23.9 Å². The molecule has 3 aromatic rings. The first-order valence-corrected chi connectivity index (χ1v) is 10.5. The average Bonchev–Trinajstić information content (AvgIpc) is 3.18. The zero-order valence-electron chi connectivity index (χ0n) is 16.9. The maximum atomic E-state index is 12.9. The van der Waals surface area contributed by atoms with Crippen molar-refractivity contribution in [2.24, 2.45) is 0 Å². The summed E-state index contributed by atoms with van der Waals surface area (Å²) >= 11 is 0. The Kier molecular flexibility index (Phi) is 4.75. The minimum atomic E-state index is -0.0624. The second kappa shape index (κ2) is 7.57. The number of carbonyl (C=O) groups excluding carboxylic acids is 2. The second-order valence-electron chi connectivity index (χ2n) is 8.25. The monoisotopic (exact) mass is 403 g/mol. The van der Waals surface area contributed by atoms with Crippen molar-refractivity contribution in [2.75, 3.05) is 18.9 Å². The number of amides is 2. The maximum Gasteiger partial charge on any atom is 0.251 e. The zero-order valence-corrected chi connectivity index (χ0v) is 16.9. The third-order valence-corrected chi connectivity index (χ3v) is 6.19. The molecule has 2 amide bonds. The molecular weight excluding hydrogens is 378 g/mol. The smallest absolute Gasteiger partial charge is 0.251 e. The molecule has 2 aromatic carbocycles. The van der Waals surface area contributed by atoms with Gasteiger partial charge in [0, 0.05) is 30.3 Å². The Morgan fingerprint density at radius 3 is 2.93 bits per heavy atom. The summed E-state index contributed by atoms with van der Waals surface area (Å²) < 4.78 is 0. The van der Waals surface area contributed by atoms with E-state index in [1.165, 1.54) is 0 Å². The summed E-state index contributed by atoms with van der Waals surface area (Å²) in [6.07, 6.45) is 2.85. The van der Waals surface area contributed by atoms with Crippen LogP contribution in [-0.4, -0.2) is 46.3 Å². The zero-order chi connectivity index (χ0) is 20.7. The van der Waals surface area contributed by atoms with E-state index in [1.54, 1.807) is 6.07 Å². The molecule has 2 atom stereocenters. The van der Waals surface area contributed by atoms with Gasteiger partial charge in [0.2, 0.25) is 5.91 Å². The Morgan fingerprint density at radius 1 is 1.20 bits per heavy atom. The van der Waals surface area contributed by atoms with Gasteiger partial charge in [-0.25, -0.2) is 4.98 Å². The molecule has 2 aliphatic heterocycles. The number of likely N-dealkylation sites (tertiary alicyclic amines) is 1. The van der Waals surface area contributed by atoms with Crippen LogP contribution in [0.5, 0.6) is 0 Å². The Labute approximate surface area is 174 Å². The lowest BCUT2D eigenvalue weighted by atomic mass is 9.96. The van der Waals surface area contributed by atoms with Crippen LogP contribution in [0.2, 0.25) is 0 Å². The van der Waals surface area contributed by atoms with E-state index < -0.39 is 0 Å². The number of carbonyl (C=O) groups is 2. The van der Waals surface area contributed by atoms with E-state index >= 15 is 0 Å². The van der Waals surface area contributed by atoms with E-state index in [0.717, 1.165) is 47.5 Å². The number of nitrogens with one attached hydrogen (secondary N) is 3. The number of fused-ring (bicyclic) bond motifs is 2. The molecule has 30 heavy (non-hydrogen) atoms. The van der Waals surface area contributed by atoms with Gasteiger partial charge in [0.15, 0.2) is 0 Å². The topological polar surface area (TPSA) is 90.1 Å². The normalized spacial score (nSPS) is 21.8. The Bertz CT molecular complexity index is 1090. The summed E-state index contributed by atoms with van der Waals surface area (Å²) in [5.74, 6) is 0.914.